The van der Waals surface area contributed by atoms with Gasteiger partial charge < -0.3 is 35.7 Å². The molecule has 0 amide bonds. The predicted octanol–water partition coefficient (Wildman–Crippen LogP) is 1.91. The van der Waals surface area contributed by atoms with Crippen molar-refractivity contribution in [2.24, 2.45) is 5.41 Å². The van der Waals surface area contributed by atoms with Gasteiger partial charge in [-0.05, 0) is 25.5 Å². The van der Waals surface area contributed by atoms with Crippen molar-refractivity contribution >= 4 is 17.9 Å². The molecule has 0 aliphatic rings. The lowest BCUT2D eigenvalue weighted by Gasteiger charge is -2.24. The Hall–Kier alpha value is -3.47. The van der Waals surface area contributed by atoms with Crippen molar-refractivity contribution in [2.45, 2.75) is 20.3 Å². The summed E-state index contributed by atoms with van der Waals surface area (Å²) in [6, 6.07) is 8.71. The summed E-state index contributed by atoms with van der Waals surface area (Å²) in [5, 5.41) is 57.7. The van der Waals surface area contributed by atoms with Crippen molar-refractivity contribution in [3.05, 3.63) is 67.8 Å². The second-order valence-electron chi connectivity index (χ2n) is 5.83. The van der Waals surface area contributed by atoms with Crippen LogP contribution >= 0.6 is 0 Å². The number of aliphatic hydroxyl groups excluding tert-OH is 3. The van der Waals surface area contributed by atoms with Gasteiger partial charge >= 0.3 is 17.9 Å². The van der Waals surface area contributed by atoms with E-state index in [0.29, 0.717) is 12.2 Å². The minimum atomic E-state index is -0.981. The van der Waals surface area contributed by atoms with Gasteiger partial charge in [0.15, 0.2) is 0 Å². The largest absolute Gasteiger partial charge is 0.508 e. The lowest BCUT2D eigenvalue weighted by atomic mass is 9.88. The zero-order valence-corrected chi connectivity index (χ0v) is 18.3. The Labute approximate surface area is 187 Å². The molecule has 0 aromatic heterocycles. The first-order valence-corrected chi connectivity index (χ1v) is 8.98. The summed E-state index contributed by atoms with van der Waals surface area (Å²) in [5.41, 5.74) is -0.491. The second-order valence-corrected chi connectivity index (χ2v) is 5.83. The first kappa shape index (κ1) is 35.9. The zero-order valence-electron chi connectivity index (χ0n) is 18.3. The second kappa shape index (κ2) is 23.8. The van der Waals surface area contributed by atoms with E-state index in [4.69, 9.17) is 35.7 Å². The van der Waals surface area contributed by atoms with Gasteiger partial charge in [0.05, 0.1) is 19.8 Å². The number of phenolic OH excluding ortho intramolecular Hbond substituents is 1. The number of rotatable bonds is 7. The molecule has 0 aliphatic carbocycles. The number of carboxylic acids is 3. The lowest BCUT2D eigenvalue weighted by molar-refractivity contribution is -0.133. The molecule has 0 saturated carbocycles. The molecule has 0 aliphatic heterocycles. The summed E-state index contributed by atoms with van der Waals surface area (Å²) in [7, 11) is 0. The van der Waals surface area contributed by atoms with Crippen molar-refractivity contribution in [1.82, 2.24) is 0 Å². The van der Waals surface area contributed by atoms with E-state index in [1.165, 1.54) is 6.92 Å². The molecule has 0 atom stereocenters. The van der Waals surface area contributed by atoms with Crippen LogP contribution in [0.1, 0.15) is 20.3 Å². The third kappa shape index (κ3) is 28.7. The third-order valence-corrected chi connectivity index (χ3v) is 3.23. The van der Waals surface area contributed by atoms with Crippen LogP contribution in [0.3, 0.4) is 0 Å². The molecule has 7 N–H and O–H groups in total. The third-order valence-electron chi connectivity index (χ3n) is 3.23. The van der Waals surface area contributed by atoms with Crippen LogP contribution in [0, 0.1) is 5.41 Å². The topological polar surface area (TPSA) is 193 Å². The Balaban J connectivity index is -0.000000156. The van der Waals surface area contributed by atoms with Gasteiger partial charge in [0, 0.05) is 23.1 Å². The van der Waals surface area contributed by atoms with E-state index < -0.39 is 23.3 Å². The molecule has 10 heteroatoms. The molecule has 182 valence electrons. The van der Waals surface area contributed by atoms with Gasteiger partial charge in [-0.1, -0.05) is 44.9 Å². The summed E-state index contributed by atoms with van der Waals surface area (Å²) >= 11 is 0. The molecule has 1 aromatic rings. The number of aliphatic hydroxyl groups is 3. The number of carbonyl (C=O) groups is 3. The quantitative estimate of drug-likeness (QED) is 0.297. The highest BCUT2D eigenvalue weighted by Gasteiger charge is 2.24. The van der Waals surface area contributed by atoms with Gasteiger partial charge in [0.2, 0.25) is 0 Å². The van der Waals surface area contributed by atoms with Crippen molar-refractivity contribution in [1.29, 1.82) is 0 Å². The molecule has 0 spiro atoms. The van der Waals surface area contributed by atoms with Crippen molar-refractivity contribution in [2.75, 3.05) is 19.8 Å². The lowest BCUT2D eigenvalue weighted by Crippen LogP contribution is -2.32. The maximum atomic E-state index is 9.60. The highest BCUT2D eigenvalue weighted by Crippen LogP contribution is 2.18. The first-order valence-electron chi connectivity index (χ1n) is 8.98. The van der Waals surface area contributed by atoms with Crippen LogP contribution in [-0.4, -0.2) is 73.5 Å². The molecule has 0 radical (unpaired) electrons. The Kier molecular flexibility index (Phi) is 26.7. The maximum Gasteiger partial charge on any atom is 0.330 e. The van der Waals surface area contributed by atoms with E-state index >= 15 is 0 Å². The molecular formula is C22H34O10. The maximum absolute atomic E-state index is 9.60. The van der Waals surface area contributed by atoms with Crippen molar-refractivity contribution in [3.8, 4) is 5.75 Å². The van der Waals surface area contributed by atoms with Gasteiger partial charge in [-0.2, -0.15) is 0 Å². The molecule has 0 bridgehead atoms. The standard InChI is InChI=1S/C6H14O3.C6H6O.C4H6O2.2C3H4O2/c1-2-6(3-7,4-8)5-9;7-6-4-2-1-3-5-6;1-3(2)4(5)6;2*1-2-3(4)5/h7-9H,2-5H2,1H3;1-5,7H;1H2,2H3,(H,5,6);2*2H,1H2,(H,4,5). The molecule has 0 saturated heterocycles. The fraction of sp³-hybridized carbons (Fsp3) is 0.318. The average molecular weight is 459 g/mol. The first-order chi connectivity index (χ1) is 14.8. The van der Waals surface area contributed by atoms with Crippen LogP contribution in [0.4, 0.5) is 0 Å². The molecular weight excluding hydrogens is 424 g/mol. The number of benzene rings is 1. The SMILES string of the molecule is C=C(C)C(=O)O.C=CC(=O)O.C=CC(=O)O.CCC(CO)(CO)CO.Oc1ccccc1. The normalized spacial score (nSPS) is 8.66. The molecule has 0 heterocycles. The summed E-state index contributed by atoms with van der Waals surface area (Å²) in [6.07, 6.45) is 2.26. The highest BCUT2D eigenvalue weighted by molar-refractivity contribution is 5.84. The van der Waals surface area contributed by atoms with Crippen LogP contribution in [0.2, 0.25) is 0 Å². The van der Waals surface area contributed by atoms with Crippen molar-refractivity contribution in [3.63, 3.8) is 0 Å². The zero-order chi connectivity index (χ0) is 26.2. The van der Waals surface area contributed by atoms with Gasteiger partial charge in [-0.3, -0.25) is 0 Å². The summed E-state index contributed by atoms with van der Waals surface area (Å²) in [5.74, 6) is -2.58. The van der Waals surface area contributed by atoms with Crippen molar-refractivity contribution < 1.29 is 50.1 Å². The molecule has 32 heavy (non-hydrogen) atoms. The number of para-hydroxylation sites is 1. The Bertz CT molecular complexity index is 617. The van der Waals surface area contributed by atoms with Crippen LogP contribution < -0.4 is 0 Å². The smallest absolute Gasteiger partial charge is 0.330 e. The number of phenols is 1. The number of carboxylic acid groups (broad SMARTS) is 3. The van der Waals surface area contributed by atoms with E-state index in [1.54, 1.807) is 24.3 Å². The Morgan fingerprint density at radius 1 is 0.875 bits per heavy atom. The monoisotopic (exact) mass is 458 g/mol. The van der Waals surface area contributed by atoms with E-state index in [1.807, 2.05) is 13.0 Å². The molecule has 0 fully saturated rings. The average Bonchev–Trinajstić information content (AvgIpc) is 2.78. The van der Waals surface area contributed by atoms with Gasteiger partial charge in [0.1, 0.15) is 5.75 Å². The Morgan fingerprint density at radius 3 is 1.22 bits per heavy atom. The predicted molar refractivity (Wildman–Crippen MR) is 120 cm³/mol. The minimum absolute atomic E-state index is 0.156. The molecule has 1 aromatic carbocycles. The fourth-order valence-electron chi connectivity index (χ4n) is 0.913. The van der Waals surface area contributed by atoms with Crippen LogP contribution in [0.25, 0.3) is 0 Å². The molecule has 1 rings (SSSR count). The van der Waals surface area contributed by atoms with E-state index in [9.17, 15) is 14.4 Å². The Morgan fingerprint density at radius 2 is 1.16 bits per heavy atom. The van der Waals surface area contributed by atoms with E-state index in [-0.39, 0.29) is 25.4 Å². The van der Waals surface area contributed by atoms with Crippen LogP contribution in [-0.2, 0) is 14.4 Å². The summed E-state index contributed by atoms with van der Waals surface area (Å²) in [6.45, 7) is 11.9. The van der Waals surface area contributed by atoms with Gasteiger partial charge in [0.25, 0.3) is 0 Å². The minimum Gasteiger partial charge on any atom is -0.508 e. The van der Waals surface area contributed by atoms with Gasteiger partial charge in [-0.15, -0.1) is 0 Å². The summed E-state index contributed by atoms with van der Waals surface area (Å²) in [4.78, 5) is 28.1. The fourth-order valence-corrected chi connectivity index (χ4v) is 0.913. The van der Waals surface area contributed by atoms with Crippen LogP contribution in [0.5, 0.6) is 5.75 Å². The number of aromatic hydroxyl groups is 1. The highest BCUT2D eigenvalue weighted by atomic mass is 16.4. The number of hydrogen-bond acceptors (Lipinski definition) is 7. The summed E-state index contributed by atoms with van der Waals surface area (Å²) < 4.78 is 0. The molecule has 10 nitrogen and oxygen atoms in total. The van der Waals surface area contributed by atoms with Crippen LogP contribution in [0.15, 0.2) is 67.8 Å². The molecule has 0 unspecified atom stereocenters. The number of hydrogen-bond donors (Lipinski definition) is 7. The van der Waals surface area contributed by atoms with E-state index in [0.717, 1.165) is 12.2 Å². The number of aliphatic carboxylic acids is 3. The van der Waals surface area contributed by atoms with Gasteiger partial charge in [-0.25, -0.2) is 14.4 Å². The van der Waals surface area contributed by atoms with E-state index in [2.05, 4.69) is 19.7 Å².